The fourth-order valence-corrected chi connectivity index (χ4v) is 5.01. The topological polar surface area (TPSA) is 58.6 Å². The van der Waals surface area contributed by atoms with Crippen LogP contribution in [0, 0.1) is 0 Å². The van der Waals surface area contributed by atoms with Gasteiger partial charge in [-0.15, -0.1) is 11.8 Å². The fourth-order valence-electron chi connectivity index (χ4n) is 3.03. The number of halogens is 3. The highest BCUT2D eigenvalue weighted by atomic mass is 35.5. The third-order valence-electron chi connectivity index (χ3n) is 4.50. The van der Waals surface area contributed by atoms with Gasteiger partial charge in [0.05, 0.1) is 11.8 Å². The number of carbonyl (C=O) groups is 2. The third-order valence-corrected chi connectivity index (χ3v) is 6.52. The number of nitrogens with zero attached hydrogens (tertiary/aromatic N) is 1. The van der Waals surface area contributed by atoms with Crippen LogP contribution < -0.4 is 5.32 Å². The zero-order valence-electron chi connectivity index (χ0n) is 15.5. The van der Waals surface area contributed by atoms with Crippen LogP contribution in [0.4, 0.5) is 10.5 Å². The van der Waals surface area contributed by atoms with Crippen molar-refractivity contribution in [3.8, 4) is 0 Å². The maximum absolute atomic E-state index is 12.6. The molecule has 0 spiro atoms. The van der Waals surface area contributed by atoms with Crippen molar-refractivity contribution in [2.24, 2.45) is 0 Å². The number of ether oxygens (including phenoxy) is 1. The number of hydrogen-bond donors (Lipinski definition) is 1. The number of nitrogens with one attached hydrogen (secondary N) is 1. The van der Waals surface area contributed by atoms with E-state index in [1.807, 2.05) is 13.0 Å². The van der Waals surface area contributed by atoms with Gasteiger partial charge >= 0.3 is 6.09 Å². The Morgan fingerprint density at radius 3 is 2.55 bits per heavy atom. The summed E-state index contributed by atoms with van der Waals surface area (Å²) in [7, 11) is 0. The normalized spacial score (nSPS) is 17.3. The molecule has 0 radical (unpaired) electrons. The summed E-state index contributed by atoms with van der Waals surface area (Å²) in [5.41, 5.74) is 1.39. The summed E-state index contributed by atoms with van der Waals surface area (Å²) in [6, 6.07) is 11.7. The molecule has 2 amide bonds. The summed E-state index contributed by atoms with van der Waals surface area (Å²) in [6.07, 6.45) is 0.0357. The van der Waals surface area contributed by atoms with E-state index in [0.717, 1.165) is 5.56 Å². The summed E-state index contributed by atoms with van der Waals surface area (Å²) in [5, 5.41) is 4.01. The molecule has 5 nitrogen and oxygen atoms in total. The second-order valence-corrected chi connectivity index (χ2v) is 8.77. The molecule has 1 N–H and O–H groups in total. The van der Waals surface area contributed by atoms with E-state index in [9.17, 15) is 9.59 Å². The summed E-state index contributed by atoms with van der Waals surface area (Å²) >= 11 is 19.7. The predicted octanol–water partition coefficient (Wildman–Crippen LogP) is 6.25. The first-order valence-corrected chi connectivity index (χ1v) is 11.1. The van der Waals surface area contributed by atoms with Crippen LogP contribution in [-0.4, -0.2) is 35.3 Å². The van der Waals surface area contributed by atoms with Crippen LogP contribution in [0.1, 0.15) is 24.3 Å². The zero-order chi connectivity index (χ0) is 21.0. The molecule has 154 valence electrons. The van der Waals surface area contributed by atoms with Crippen molar-refractivity contribution in [2.45, 2.75) is 24.8 Å². The van der Waals surface area contributed by atoms with Gasteiger partial charge in [-0.3, -0.25) is 10.1 Å². The minimum Gasteiger partial charge on any atom is -0.447 e. The number of thioether (sulfide) groups is 1. The molecule has 0 aliphatic carbocycles. The molecular formula is C20H19Cl3N2O3S. The van der Waals surface area contributed by atoms with E-state index in [2.05, 4.69) is 5.32 Å². The first kappa shape index (κ1) is 22.1. The lowest BCUT2D eigenvalue weighted by Gasteiger charge is -2.32. The molecule has 9 heteroatoms. The predicted molar refractivity (Wildman–Crippen MR) is 119 cm³/mol. The van der Waals surface area contributed by atoms with Crippen LogP contribution >= 0.6 is 46.6 Å². The molecule has 3 rings (SSSR count). The number of rotatable bonds is 6. The molecule has 2 unspecified atom stereocenters. The Kier molecular flexibility index (Phi) is 7.57. The molecule has 1 saturated heterocycles. The third kappa shape index (κ3) is 5.51. The number of anilines is 1. The lowest BCUT2D eigenvalue weighted by atomic mass is 10.1. The lowest BCUT2D eigenvalue weighted by molar-refractivity contribution is -0.131. The van der Waals surface area contributed by atoms with E-state index in [1.54, 1.807) is 41.3 Å². The maximum Gasteiger partial charge on any atom is 0.411 e. The smallest absolute Gasteiger partial charge is 0.411 e. The summed E-state index contributed by atoms with van der Waals surface area (Å²) < 4.78 is 5.38. The molecule has 1 fully saturated rings. The Labute approximate surface area is 188 Å². The van der Waals surface area contributed by atoms with E-state index >= 15 is 0 Å². The van der Waals surface area contributed by atoms with E-state index < -0.39 is 6.09 Å². The van der Waals surface area contributed by atoms with E-state index in [0.29, 0.717) is 32.9 Å². The maximum atomic E-state index is 12.6. The Hall–Kier alpha value is -1.60. The quantitative estimate of drug-likeness (QED) is 0.539. The van der Waals surface area contributed by atoms with Gasteiger partial charge in [0.1, 0.15) is 12.0 Å². The molecule has 1 aliphatic rings. The standard InChI is InChI=1S/C20H19Cl3N2O3S/c1-2-15(10-28-20(27)24-14-6-3-12(21)4-7-14)25-18(26)11-29-19(25)16-8-5-13(22)9-17(16)23/h3-9,15,19H,2,10-11H2,1H3,(H,24,27). The van der Waals surface area contributed by atoms with Crippen molar-refractivity contribution >= 4 is 64.3 Å². The number of hydrogen-bond acceptors (Lipinski definition) is 4. The summed E-state index contributed by atoms with van der Waals surface area (Å²) in [6.45, 7) is 2.02. The largest absolute Gasteiger partial charge is 0.447 e. The van der Waals surface area contributed by atoms with Gasteiger partial charge < -0.3 is 9.64 Å². The first-order chi connectivity index (χ1) is 13.9. The minimum absolute atomic E-state index is 0.0143. The van der Waals surface area contributed by atoms with Gasteiger partial charge in [-0.05, 0) is 42.8 Å². The van der Waals surface area contributed by atoms with E-state index in [4.69, 9.17) is 39.5 Å². The van der Waals surface area contributed by atoms with E-state index in [1.165, 1.54) is 11.8 Å². The first-order valence-electron chi connectivity index (χ1n) is 8.96. The van der Waals surface area contributed by atoms with Crippen molar-refractivity contribution in [1.29, 1.82) is 0 Å². The Morgan fingerprint density at radius 2 is 1.90 bits per heavy atom. The average molecular weight is 474 g/mol. The molecule has 0 aromatic heterocycles. The summed E-state index contributed by atoms with van der Waals surface area (Å²) in [4.78, 5) is 26.5. The van der Waals surface area contributed by atoms with E-state index in [-0.39, 0.29) is 23.9 Å². The molecular weight excluding hydrogens is 455 g/mol. The molecule has 1 heterocycles. The highest BCUT2D eigenvalue weighted by Crippen LogP contribution is 2.43. The Bertz CT molecular complexity index is 895. The second kappa shape index (κ2) is 9.94. The van der Waals surface area contributed by atoms with Gasteiger partial charge in [0.2, 0.25) is 5.91 Å². The minimum atomic E-state index is -0.592. The average Bonchev–Trinajstić information content (AvgIpc) is 3.05. The lowest BCUT2D eigenvalue weighted by Crippen LogP contribution is -2.41. The van der Waals surface area contributed by atoms with Crippen LogP contribution in [0.3, 0.4) is 0 Å². The van der Waals surface area contributed by atoms with Gasteiger partial charge in [-0.25, -0.2) is 4.79 Å². The SMILES string of the molecule is CCC(COC(=O)Nc1ccc(Cl)cc1)N1C(=O)CSC1c1ccc(Cl)cc1Cl. The molecule has 0 bridgehead atoms. The molecule has 0 saturated carbocycles. The summed E-state index contributed by atoms with van der Waals surface area (Å²) in [5.74, 6) is 0.330. The van der Waals surface area contributed by atoms with Gasteiger partial charge in [0.15, 0.2) is 0 Å². The van der Waals surface area contributed by atoms with Crippen molar-refractivity contribution < 1.29 is 14.3 Å². The molecule has 2 atom stereocenters. The van der Waals surface area contributed by atoms with Crippen LogP contribution in [0.25, 0.3) is 0 Å². The van der Waals surface area contributed by atoms with Gasteiger partial charge in [-0.1, -0.05) is 47.8 Å². The molecule has 2 aromatic rings. The van der Waals surface area contributed by atoms with Crippen molar-refractivity contribution in [3.05, 3.63) is 63.1 Å². The highest BCUT2D eigenvalue weighted by molar-refractivity contribution is 8.00. The monoisotopic (exact) mass is 472 g/mol. The number of benzene rings is 2. The highest BCUT2D eigenvalue weighted by Gasteiger charge is 2.38. The number of amides is 2. The second-order valence-electron chi connectivity index (χ2n) is 6.42. The van der Waals surface area contributed by atoms with Gasteiger partial charge in [0.25, 0.3) is 0 Å². The molecule has 1 aliphatic heterocycles. The van der Waals surface area contributed by atoms with Crippen molar-refractivity contribution in [3.63, 3.8) is 0 Å². The van der Waals surface area contributed by atoms with Crippen LogP contribution in [-0.2, 0) is 9.53 Å². The van der Waals surface area contributed by atoms with Crippen molar-refractivity contribution in [1.82, 2.24) is 4.90 Å². The molecule has 2 aromatic carbocycles. The van der Waals surface area contributed by atoms with Crippen LogP contribution in [0.15, 0.2) is 42.5 Å². The Balaban J connectivity index is 1.67. The van der Waals surface area contributed by atoms with Crippen molar-refractivity contribution in [2.75, 3.05) is 17.7 Å². The Morgan fingerprint density at radius 1 is 1.21 bits per heavy atom. The van der Waals surface area contributed by atoms with Crippen LogP contribution in [0.2, 0.25) is 15.1 Å². The fraction of sp³-hybridized carbons (Fsp3) is 0.300. The van der Waals surface area contributed by atoms with Crippen LogP contribution in [0.5, 0.6) is 0 Å². The zero-order valence-corrected chi connectivity index (χ0v) is 18.6. The van der Waals surface area contributed by atoms with Gasteiger partial charge in [0, 0.05) is 26.3 Å². The van der Waals surface area contributed by atoms with Gasteiger partial charge in [-0.2, -0.15) is 0 Å². The molecule has 29 heavy (non-hydrogen) atoms. The number of carbonyl (C=O) groups excluding carboxylic acids is 2.